The van der Waals surface area contributed by atoms with Crippen molar-refractivity contribution in [2.45, 2.75) is 20.8 Å². The van der Waals surface area contributed by atoms with Gasteiger partial charge >= 0.3 is 0 Å². The predicted octanol–water partition coefficient (Wildman–Crippen LogP) is 6.57. The number of aromatic nitrogens is 2. The quantitative estimate of drug-likeness (QED) is 0.226. The zero-order valence-corrected chi connectivity index (χ0v) is 19.1. The molecular weight excluding hydrogens is 533 g/mol. The van der Waals surface area contributed by atoms with Gasteiger partial charge in [0.15, 0.2) is 0 Å². The van der Waals surface area contributed by atoms with Crippen molar-refractivity contribution < 1.29 is 20.1 Å². The van der Waals surface area contributed by atoms with E-state index in [1.807, 2.05) is 6.07 Å². The summed E-state index contributed by atoms with van der Waals surface area (Å²) < 4.78 is 2.31. The van der Waals surface area contributed by atoms with E-state index < -0.39 is 0 Å². The molecule has 1 heterocycles. The number of rotatable bonds is 2. The molecule has 0 amide bonds. The number of imidazole rings is 1. The van der Waals surface area contributed by atoms with E-state index in [-0.39, 0.29) is 20.1 Å². The van der Waals surface area contributed by atoms with Crippen LogP contribution in [0, 0.1) is 26.8 Å². The molecule has 0 atom stereocenters. The van der Waals surface area contributed by atoms with Gasteiger partial charge in [-0.15, -0.1) is 35.4 Å². The van der Waals surface area contributed by atoms with E-state index in [9.17, 15) is 0 Å². The van der Waals surface area contributed by atoms with Gasteiger partial charge in [0.25, 0.3) is 0 Å². The molecular formula is C26H21IrN2-. The third kappa shape index (κ3) is 3.31. The van der Waals surface area contributed by atoms with Gasteiger partial charge in [-0.25, -0.2) is 0 Å². The maximum Gasteiger partial charge on any atom is 0.0781 e. The summed E-state index contributed by atoms with van der Waals surface area (Å²) in [7, 11) is 0. The molecule has 0 aliphatic carbocycles. The Labute approximate surface area is 184 Å². The molecule has 1 radical (unpaired) electrons. The average molecular weight is 554 g/mol. The Morgan fingerprint density at radius 3 is 2.41 bits per heavy atom. The van der Waals surface area contributed by atoms with Crippen LogP contribution in [0.1, 0.15) is 16.7 Å². The van der Waals surface area contributed by atoms with Crippen molar-refractivity contribution >= 4 is 21.8 Å². The smallest absolute Gasteiger partial charge is 0.0781 e. The summed E-state index contributed by atoms with van der Waals surface area (Å²) >= 11 is 0. The number of aryl methyl sites for hydroxylation is 3. The minimum absolute atomic E-state index is 0. The summed E-state index contributed by atoms with van der Waals surface area (Å²) in [4.78, 5) is 5.04. The van der Waals surface area contributed by atoms with Gasteiger partial charge in [0.1, 0.15) is 0 Å². The first-order chi connectivity index (χ1) is 13.6. The molecule has 0 spiro atoms. The van der Waals surface area contributed by atoms with Crippen LogP contribution in [0.25, 0.3) is 38.9 Å². The van der Waals surface area contributed by atoms with Crippen molar-refractivity contribution in [3.63, 3.8) is 0 Å². The van der Waals surface area contributed by atoms with Crippen LogP contribution >= 0.6 is 0 Å². The number of hydrogen-bond donors (Lipinski definition) is 0. The first-order valence-corrected chi connectivity index (χ1v) is 9.58. The molecule has 0 aliphatic heterocycles. The fraction of sp³-hybridized carbons (Fsp3) is 0.115. The van der Waals surface area contributed by atoms with E-state index >= 15 is 0 Å². The van der Waals surface area contributed by atoms with Crippen LogP contribution in [-0.4, -0.2) is 9.55 Å². The van der Waals surface area contributed by atoms with E-state index in [0.29, 0.717) is 0 Å². The maximum atomic E-state index is 5.04. The Balaban J connectivity index is 0.00000205. The Kier molecular flexibility index (Phi) is 5.12. The van der Waals surface area contributed by atoms with Crippen molar-refractivity contribution in [3.8, 4) is 17.1 Å². The molecule has 0 saturated carbocycles. The van der Waals surface area contributed by atoms with Gasteiger partial charge in [0.2, 0.25) is 0 Å². The van der Waals surface area contributed by atoms with Crippen LogP contribution < -0.4 is 0 Å². The second kappa shape index (κ2) is 7.59. The van der Waals surface area contributed by atoms with Gasteiger partial charge in [-0.2, -0.15) is 0 Å². The second-order valence-corrected chi connectivity index (χ2v) is 7.49. The number of nitrogens with zero attached hydrogens (tertiary/aromatic N) is 2. The molecule has 0 fully saturated rings. The molecule has 2 nitrogen and oxygen atoms in total. The Hall–Kier alpha value is -2.74. The molecule has 0 N–H and O–H groups in total. The topological polar surface area (TPSA) is 17.8 Å². The van der Waals surface area contributed by atoms with Gasteiger partial charge in [-0.1, -0.05) is 49.4 Å². The Morgan fingerprint density at radius 2 is 1.62 bits per heavy atom. The van der Waals surface area contributed by atoms with Crippen LogP contribution in [0.5, 0.6) is 0 Å². The molecule has 0 aliphatic rings. The predicted molar refractivity (Wildman–Crippen MR) is 117 cm³/mol. The number of fused-ring (bicyclic) bond motifs is 3. The van der Waals surface area contributed by atoms with Gasteiger partial charge < -0.3 is 4.57 Å². The van der Waals surface area contributed by atoms with E-state index in [2.05, 4.69) is 98.1 Å². The third-order valence-corrected chi connectivity index (χ3v) is 5.36. The maximum absolute atomic E-state index is 5.04. The van der Waals surface area contributed by atoms with E-state index in [1.165, 1.54) is 33.2 Å². The third-order valence-electron chi connectivity index (χ3n) is 5.36. The normalized spacial score (nSPS) is 11.0. The fourth-order valence-electron chi connectivity index (χ4n) is 3.86. The number of benzene rings is 4. The first-order valence-electron chi connectivity index (χ1n) is 9.58. The van der Waals surface area contributed by atoms with Crippen molar-refractivity contribution in [2.75, 3.05) is 0 Å². The van der Waals surface area contributed by atoms with Gasteiger partial charge in [0, 0.05) is 31.2 Å². The second-order valence-electron chi connectivity index (χ2n) is 7.49. The van der Waals surface area contributed by atoms with Crippen LogP contribution in [0.15, 0.2) is 72.8 Å². The van der Waals surface area contributed by atoms with Gasteiger partial charge in [-0.3, -0.25) is 4.98 Å². The summed E-state index contributed by atoms with van der Waals surface area (Å²) in [6, 6.07) is 29.1. The summed E-state index contributed by atoms with van der Waals surface area (Å²) in [5.74, 6) is 0.931. The van der Waals surface area contributed by atoms with Crippen LogP contribution in [-0.2, 0) is 20.1 Å². The Bertz CT molecular complexity index is 1330. The SMILES string of the molecule is Cc1c[c-]c(-c2nc3ccc4ccccc4c3n2-c2cc(C)ccc2C)cc1.[Ir]. The molecule has 5 aromatic rings. The van der Waals surface area contributed by atoms with Gasteiger partial charge in [0.05, 0.1) is 16.9 Å². The fourth-order valence-corrected chi connectivity index (χ4v) is 3.86. The minimum Gasteiger partial charge on any atom is -0.332 e. The van der Waals surface area contributed by atoms with Crippen molar-refractivity contribution in [2.24, 2.45) is 0 Å². The number of hydrogen-bond acceptors (Lipinski definition) is 1. The van der Waals surface area contributed by atoms with E-state index in [4.69, 9.17) is 4.98 Å². The standard InChI is InChI=1S/C26H21N2.Ir/c1-17-9-12-21(13-10-17)26-27-23-15-14-20-6-4-5-7-22(20)25(23)28(26)24-16-18(2)8-11-19(24)3;/h4-12,14-16H,1-3H3;/q-1;. The average Bonchev–Trinajstić information content (AvgIpc) is 3.10. The molecule has 3 heteroatoms. The molecule has 4 aromatic carbocycles. The zero-order valence-electron chi connectivity index (χ0n) is 16.7. The van der Waals surface area contributed by atoms with Crippen LogP contribution in [0.2, 0.25) is 0 Å². The van der Waals surface area contributed by atoms with Crippen molar-refractivity contribution in [1.29, 1.82) is 0 Å². The van der Waals surface area contributed by atoms with E-state index in [0.717, 1.165) is 22.4 Å². The summed E-state index contributed by atoms with van der Waals surface area (Å²) in [5.41, 5.74) is 7.99. The summed E-state index contributed by atoms with van der Waals surface area (Å²) in [5, 5.41) is 2.44. The summed E-state index contributed by atoms with van der Waals surface area (Å²) in [6.07, 6.45) is 0. The monoisotopic (exact) mass is 554 g/mol. The minimum atomic E-state index is 0. The molecule has 1 aromatic heterocycles. The molecule has 0 bridgehead atoms. The van der Waals surface area contributed by atoms with Gasteiger partial charge in [-0.05, 0) is 42.5 Å². The zero-order chi connectivity index (χ0) is 19.3. The summed E-state index contributed by atoms with van der Waals surface area (Å²) in [6.45, 7) is 6.38. The molecule has 0 saturated heterocycles. The molecule has 145 valence electrons. The Morgan fingerprint density at radius 1 is 0.828 bits per heavy atom. The van der Waals surface area contributed by atoms with Crippen molar-refractivity contribution in [1.82, 2.24) is 9.55 Å². The van der Waals surface area contributed by atoms with Crippen LogP contribution in [0.3, 0.4) is 0 Å². The molecule has 0 unspecified atom stereocenters. The first kappa shape index (κ1) is 19.6. The van der Waals surface area contributed by atoms with Crippen LogP contribution in [0.4, 0.5) is 0 Å². The molecule has 5 rings (SSSR count). The van der Waals surface area contributed by atoms with E-state index in [1.54, 1.807) is 0 Å². The largest absolute Gasteiger partial charge is 0.332 e. The molecule has 29 heavy (non-hydrogen) atoms. The van der Waals surface area contributed by atoms with Crippen molar-refractivity contribution in [3.05, 3.63) is 95.6 Å².